The summed E-state index contributed by atoms with van der Waals surface area (Å²) in [4.78, 5) is 26.9. The fraction of sp³-hybridized carbons (Fsp3) is 0.524. The lowest BCUT2D eigenvalue weighted by molar-refractivity contribution is -0.126. The number of allylic oxidation sites excluding steroid dienone is 1. The largest absolute Gasteiger partial charge is 0.355 e. The van der Waals surface area contributed by atoms with Gasteiger partial charge in [0.2, 0.25) is 5.91 Å². The third-order valence-electron chi connectivity index (χ3n) is 5.30. The molecule has 2 aliphatic rings. The Morgan fingerprint density at radius 2 is 1.96 bits per heavy atom. The highest BCUT2D eigenvalue weighted by Gasteiger charge is 2.28. The summed E-state index contributed by atoms with van der Waals surface area (Å²) in [6.45, 7) is 1.90. The van der Waals surface area contributed by atoms with Crippen LogP contribution in [0.2, 0.25) is 5.02 Å². The zero-order valence-corrected chi connectivity index (χ0v) is 15.9. The molecule has 1 aromatic carbocycles. The molecule has 26 heavy (non-hydrogen) atoms. The number of likely N-dealkylation sites (tertiary alicyclic amines) is 1. The summed E-state index contributed by atoms with van der Waals surface area (Å²) >= 11 is 5.89. The van der Waals surface area contributed by atoms with E-state index in [-0.39, 0.29) is 17.7 Å². The third kappa shape index (κ3) is 5.10. The molecule has 4 nitrogen and oxygen atoms in total. The topological polar surface area (TPSA) is 49.4 Å². The molecule has 1 saturated heterocycles. The van der Waals surface area contributed by atoms with Crippen LogP contribution in [-0.4, -0.2) is 36.3 Å². The number of nitrogens with one attached hydrogen (secondary N) is 1. The van der Waals surface area contributed by atoms with Gasteiger partial charge in [-0.1, -0.05) is 23.3 Å². The molecule has 1 fully saturated rings. The normalized spacial score (nSPS) is 20.4. The van der Waals surface area contributed by atoms with E-state index >= 15 is 0 Å². The summed E-state index contributed by atoms with van der Waals surface area (Å²) in [7, 11) is 0. The highest BCUT2D eigenvalue weighted by atomic mass is 35.5. The van der Waals surface area contributed by atoms with Gasteiger partial charge in [-0.25, -0.2) is 0 Å². The molecule has 3 rings (SSSR count). The Kier molecular flexibility index (Phi) is 6.73. The standard InChI is InChI=1S/C21H27ClN2O2/c22-19-10-8-17(9-11-19)21(26)24-14-4-7-18(15-24)20(25)23-13-12-16-5-2-1-3-6-16/h5,8-11,18H,1-4,6-7,12-15H2,(H,23,25)/t18-/m1/s1. The molecule has 1 aliphatic carbocycles. The first-order chi connectivity index (χ1) is 12.6. The number of carbonyl (C=O) groups is 2. The first-order valence-electron chi connectivity index (χ1n) is 9.64. The van der Waals surface area contributed by atoms with Crippen molar-refractivity contribution < 1.29 is 9.59 Å². The summed E-state index contributed by atoms with van der Waals surface area (Å²) in [5, 5.41) is 3.69. The van der Waals surface area contributed by atoms with Crippen molar-refractivity contribution in [1.29, 1.82) is 0 Å². The van der Waals surface area contributed by atoms with Gasteiger partial charge in [0, 0.05) is 30.2 Å². The summed E-state index contributed by atoms with van der Waals surface area (Å²) in [6.07, 6.45) is 9.88. The SMILES string of the molecule is O=C(NCCC1=CCCCC1)[C@@H]1CCCN(C(=O)c2ccc(Cl)cc2)C1. The fourth-order valence-electron chi connectivity index (χ4n) is 3.77. The summed E-state index contributed by atoms with van der Waals surface area (Å²) in [6, 6.07) is 6.93. The van der Waals surface area contributed by atoms with E-state index in [1.807, 2.05) is 0 Å². The molecule has 0 unspecified atom stereocenters. The van der Waals surface area contributed by atoms with Crippen molar-refractivity contribution in [2.24, 2.45) is 5.92 Å². The van der Waals surface area contributed by atoms with Gasteiger partial charge in [-0.2, -0.15) is 0 Å². The number of benzene rings is 1. The second-order valence-electron chi connectivity index (χ2n) is 7.25. The molecule has 0 bridgehead atoms. The van der Waals surface area contributed by atoms with Crippen LogP contribution in [-0.2, 0) is 4.79 Å². The predicted octanol–water partition coefficient (Wildman–Crippen LogP) is 4.20. The van der Waals surface area contributed by atoms with Crippen molar-refractivity contribution in [2.75, 3.05) is 19.6 Å². The van der Waals surface area contributed by atoms with Gasteiger partial charge in [0.25, 0.3) is 5.91 Å². The first kappa shape index (κ1) is 19.0. The second-order valence-corrected chi connectivity index (χ2v) is 7.68. The molecule has 2 amide bonds. The lowest BCUT2D eigenvalue weighted by atomic mass is 9.95. The number of carbonyl (C=O) groups excluding carboxylic acids is 2. The minimum absolute atomic E-state index is 0.0217. The Labute approximate surface area is 160 Å². The van der Waals surface area contributed by atoms with E-state index in [4.69, 9.17) is 11.6 Å². The zero-order chi connectivity index (χ0) is 18.4. The molecular weight excluding hydrogens is 348 g/mol. The molecule has 140 valence electrons. The molecule has 5 heteroatoms. The molecule has 0 saturated carbocycles. The highest BCUT2D eigenvalue weighted by Crippen LogP contribution is 2.21. The fourth-order valence-corrected chi connectivity index (χ4v) is 3.90. The maximum Gasteiger partial charge on any atom is 0.253 e. The molecule has 0 aromatic heterocycles. The number of piperidine rings is 1. The van der Waals surface area contributed by atoms with Gasteiger partial charge in [0.15, 0.2) is 0 Å². The highest BCUT2D eigenvalue weighted by molar-refractivity contribution is 6.30. The van der Waals surface area contributed by atoms with Crippen LogP contribution < -0.4 is 5.32 Å². The van der Waals surface area contributed by atoms with Crippen LogP contribution >= 0.6 is 11.6 Å². The van der Waals surface area contributed by atoms with E-state index in [1.165, 1.54) is 31.3 Å². The Bertz CT molecular complexity index is 669. The number of nitrogens with zero attached hydrogens (tertiary/aromatic N) is 1. The zero-order valence-electron chi connectivity index (χ0n) is 15.2. The van der Waals surface area contributed by atoms with Crippen molar-refractivity contribution >= 4 is 23.4 Å². The average Bonchev–Trinajstić information content (AvgIpc) is 2.69. The lowest BCUT2D eigenvalue weighted by Crippen LogP contribution is -2.45. The van der Waals surface area contributed by atoms with Crippen LogP contribution in [0.25, 0.3) is 0 Å². The van der Waals surface area contributed by atoms with Gasteiger partial charge in [0.05, 0.1) is 5.92 Å². The number of rotatable bonds is 5. The molecule has 1 aliphatic heterocycles. The summed E-state index contributed by atoms with van der Waals surface area (Å²) in [5.74, 6) is -0.0538. The second kappa shape index (κ2) is 9.22. The Morgan fingerprint density at radius 3 is 2.69 bits per heavy atom. The number of hydrogen-bond donors (Lipinski definition) is 1. The van der Waals surface area contributed by atoms with Crippen molar-refractivity contribution in [3.8, 4) is 0 Å². The van der Waals surface area contributed by atoms with E-state index < -0.39 is 0 Å². The quantitative estimate of drug-likeness (QED) is 0.785. The number of halogens is 1. The Morgan fingerprint density at radius 1 is 1.15 bits per heavy atom. The molecule has 1 N–H and O–H groups in total. The minimum Gasteiger partial charge on any atom is -0.355 e. The average molecular weight is 375 g/mol. The molecule has 1 aromatic rings. The van der Waals surface area contributed by atoms with E-state index in [0.29, 0.717) is 30.2 Å². The van der Waals surface area contributed by atoms with Crippen LogP contribution in [0.3, 0.4) is 0 Å². The molecular formula is C21H27ClN2O2. The Balaban J connectivity index is 1.49. The lowest BCUT2D eigenvalue weighted by Gasteiger charge is -2.32. The minimum atomic E-state index is -0.111. The van der Waals surface area contributed by atoms with Gasteiger partial charge in [-0.15, -0.1) is 0 Å². The van der Waals surface area contributed by atoms with Crippen molar-refractivity contribution in [3.05, 3.63) is 46.5 Å². The van der Waals surface area contributed by atoms with Gasteiger partial charge in [-0.3, -0.25) is 9.59 Å². The molecule has 0 spiro atoms. The van der Waals surface area contributed by atoms with Gasteiger partial charge in [-0.05, 0) is 69.2 Å². The van der Waals surface area contributed by atoms with Crippen LogP contribution in [0.15, 0.2) is 35.9 Å². The van der Waals surface area contributed by atoms with E-state index in [9.17, 15) is 9.59 Å². The van der Waals surface area contributed by atoms with E-state index in [1.54, 1.807) is 29.2 Å². The van der Waals surface area contributed by atoms with Crippen LogP contribution in [0, 0.1) is 5.92 Å². The smallest absolute Gasteiger partial charge is 0.253 e. The van der Waals surface area contributed by atoms with Crippen molar-refractivity contribution in [1.82, 2.24) is 10.2 Å². The third-order valence-corrected chi connectivity index (χ3v) is 5.55. The van der Waals surface area contributed by atoms with Crippen molar-refractivity contribution in [3.63, 3.8) is 0 Å². The molecule has 0 radical (unpaired) electrons. The predicted molar refractivity (Wildman–Crippen MR) is 104 cm³/mol. The van der Waals surface area contributed by atoms with E-state index in [2.05, 4.69) is 11.4 Å². The van der Waals surface area contributed by atoms with Crippen LogP contribution in [0.4, 0.5) is 0 Å². The maximum absolute atomic E-state index is 12.6. The van der Waals surface area contributed by atoms with Crippen molar-refractivity contribution in [2.45, 2.75) is 44.9 Å². The summed E-state index contributed by atoms with van der Waals surface area (Å²) in [5.41, 5.74) is 2.10. The van der Waals surface area contributed by atoms with Gasteiger partial charge >= 0.3 is 0 Å². The Hall–Kier alpha value is -1.81. The van der Waals surface area contributed by atoms with Gasteiger partial charge < -0.3 is 10.2 Å². The number of hydrogen-bond acceptors (Lipinski definition) is 2. The molecule has 1 heterocycles. The van der Waals surface area contributed by atoms with Crippen LogP contribution in [0.5, 0.6) is 0 Å². The molecule has 1 atom stereocenters. The van der Waals surface area contributed by atoms with Gasteiger partial charge in [0.1, 0.15) is 0 Å². The van der Waals surface area contributed by atoms with Crippen LogP contribution in [0.1, 0.15) is 55.3 Å². The monoisotopic (exact) mass is 374 g/mol. The number of amides is 2. The van der Waals surface area contributed by atoms with E-state index in [0.717, 1.165) is 19.3 Å². The summed E-state index contributed by atoms with van der Waals surface area (Å²) < 4.78 is 0. The first-order valence-corrected chi connectivity index (χ1v) is 10.0. The maximum atomic E-state index is 12.6.